The molecule has 0 spiro atoms. The van der Waals surface area contributed by atoms with Crippen LogP contribution in [0.3, 0.4) is 0 Å². The van der Waals surface area contributed by atoms with Gasteiger partial charge >= 0.3 is 11.9 Å². The first kappa shape index (κ1) is 30.8. The zero-order chi connectivity index (χ0) is 29.8. The number of thioether (sulfide) groups is 1. The summed E-state index contributed by atoms with van der Waals surface area (Å²) in [5.74, 6) is -2.35. The van der Waals surface area contributed by atoms with Gasteiger partial charge in [0.2, 0.25) is 13.0 Å². The molecule has 3 amide bonds. The average molecular weight is 594 g/mol. The molecule has 2 aliphatic rings. The second-order valence-corrected chi connectivity index (χ2v) is 12.5. The van der Waals surface area contributed by atoms with Crippen LogP contribution in [0, 0.1) is 0 Å². The Hall–Kier alpha value is -3.72. The monoisotopic (exact) mass is 593 g/mol. The molecular weight excluding hydrogens is 562 g/mol. The number of ether oxygens (including phenoxy) is 2. The maximum Gasteiger partial charge on any atom is 0.355 e. The second kappa shape index (κ2) is 12.2. The van der Waals surface area contributed by atoms with Gasteiger partial charge in [0.25, 0.3) is 11.8 Å². The highest BCUT2D eigenvalue weighted by atomic mass is 32.2. The topological polar surface area (TPSA) is 166 Å². The van der Waals surface area contributed by atoms with Crippen LogP contribution < -0.4 is 10.6 Å². The molecule has 2 aliphatic heterocycles. The molecule has 0 unspecified atom stereocenters. The molecule has 0 bridgehead atoms. The van der Waals surface area contributed by atoms with Crippen molar-refractivity contribution in [3.63, 3.8) is 0 Å². The molecular formula is C25H31N5O8S2. The van der Waals surface area contributed by atoms with E-state index in [-0.39, 0.29) is 22.2 Å². The molecule has 3 heterocycles. The van der Waals surface area contributed by atoms with Gasteiger partial charge in [-0.05, 0) is 47.1 Å². The number of oxime groups is 1. The van der Waals surface area contributed by atoms with E-state index in [9.17, 15) is 24.0 Å². The number of esters is 2. The molecule has 2 atom stereocenters. The number of β-lactam (4-membered cyclic amide) rings is 1. The van der Waals surface area contributed by atoms with Crippen LogP contribution in [0.15, 0.2) is 34.5 Å². The molecule has 15 heteroatoms. The minimum atomic E-state index is -0.997. The first-order valence-electron chi connectivity index (χ1n) is 12.1. The number of carbonyl (C=O) groups excluding carboxylic acids is 5. The van der Waals surface area contributed by atoms with E-state index >= 15 is 0 Å². The lowest BCUT2D eigenvalue weighted by atomic mass is 10.0. The first-order valence-corrected chi connectivity index (χ1v) is 14.0. The van der Waals surface area contributed by atoms with Gasteiger partial charge in [0, 0.05) is 11.1 Å². The first-order chi connectivity index (χ1) is 18.6. The van der Waals surface area contributed by atoms with Crippen LogP contribution in [0.25, 0.3) is 0 Å². The lowest BCUT2D eigenvalue weighted by Crippen LogP contribution is -2.71. The van der Waals surface area contributed by atoms with Gasteiger partial charge in [-0.1, -0.05) is 17.8 Å². The second-order valence-electron chi connectivity index (χ2n) is 10.5. The highest BCUT2D eigenvalue weighted by Crippen LogP contribution is 2.41. The Kier molecular flexibility index (Phi) is 9.40. The summed E-state index contributed by atoms with van der Waals surface area (Å²) >= 11 is 2.37. The van der Waals surface area contributed by atoms with Crippen LogP contribution >= 0.6 is 23.1 Å². The number of anilines is 1. The molecule has 0 aliphatic carbocycles. The van der Waals surface area contributed by atoms with Crippen LogP contribution in [0.1, 0.15) is 47.2 Å². The summed E-state index contributed by atoms with van der Waals surface area (Å²) in [7, 11) is 0. The third-order valence-electron chi connectivity index (χ3n) is 5.03. The fourth-order valence-electron chi connectivity index (χ4n) is 3.55. The van der Waals surface area contributed by atoms with E-state index in [1.54, 1.807) is 41.5 Å². The Bertz CT molecular complexity index is 1270. The molecule has 40 heavy (non-hydrogen) atoms. The maximum absolute atomic E-state index is 13.3. The van der Waals surface area contributed by atoms with Crippen molar-refractivity contribution in [2.45, 2.75) is 64.2 Å². The Morgan fingerprint density at radius 3 is 2.48 bits per heavy atom. The zero-order valence-corrected chi connectivity index (χ0v) is 24.6. The summed E-state index contributed by atoms with van der Waals surface area (Å²) in [4.78, 5) is 72.7. The normalized spacial score (nSPS) is 19.2. The fourth-order valence-corrected chi connectivity index (χ4v) is 5.54. The van der Waals surface area contributed by atoms with Crippen LogP contribution in [0.4, 0.5) is 5.13 Å². The van der Waals surface area contributed by atoms with Crippen molar-refractivity contribution >= 4 is 64.1 Å². The number of aromatic nitrogens is 1. The van der Waals surface area contributed by atoms with E-state index in [4.69, 9.17) is 14.3 Å². The van der Waals surface area contributed by atoms with Crippen molar-refractivity contribution in [1.82, 2.24) is 15.2 Å². The third-order valence-corrected chi connectivity index (χ3v) is 7.10. The lowest BCUT2D eigenvalue weighted by Gasteiger charge is -2.49. The van der Waals surface area contributed by atoms with E-state index < -0.39 is 53.0 Å². The smallest absolute Gasteiger partial charge is 0.355 e. The molecule has 216 valence electrons. The minimum absolute atomic E-state index is 0.0410. The summed E-state index contributed by atoms with van der Waals surface area (Å²) in [6, 6.07) is -0.997. The number of nitrogens with zero attached hydrogens (tertiary/aromatic N) is 3. The van der Waals surface area contributed by atoms with Gasteiger partial charge < -0.3 is 24.9 Å². The number of allylic oxidation sites excluding steroid dienone is 1. The van der Waals surface area contributed by atoms with Gasteiger partial charge in [-0.3, -0.25) is 19.3 Å². The van der Waals surface area contributed by atoms with Gasteiger partial charge in [-0.25, -0.2) is 14.6 Å². The minimum Gasteiger partial charge on any atom is -0.457 e. The predicted molar refractivity (Wildman–Crippen MR) is 148 cm³/mol. The maximum atomic E-state index is 13.3. The Morgan fingerprint density at radius 2 is 1.88 bits per heavy atom. The average Bonchev–Trinajstić information content (AvgIpc) is 3.30. The molecule has 0 radical (unpaired) electrons. The summed E-state index contributed by atoms with van der Waals surface area (Å²) < 4.78 is 10.7. The van der Waals surface area contributed by atoms with Crippen LogP contribution in [-0.2, 0) is 38.3 Å². The quantitative estimate of drug-likeness (QED) is 0.135. The SMILES string of the molecule is C=CC1=C(C(=O)OC(C)(C)C)N2C(=O)[C@@H](NC(=O)/C(=N\OCC(=O)OC(C)(C)C)c3csc(NC=O)n3)[C@@H]2SC1. The van der Waals surface area contributed by atoms with Crippen LogP contribution in [0.5, 0.6) is 0 Å². The molecule has 2 N–H and O–H groups in total. The summed E-state index contributed by atoms with van der Waals surface area (Å²) in [6.45, 7) is 13.4. The van der Waals surface area contributed by atoms with Crippen molar-refractivity contribution < 1.29 is 38.3 Å². The van der Waals surface area contributed by atoms with Crippen LogP contribution in [0.2, 0.25) is 0 Å². The number of hydrogen-bond donors (Lipinski definition) is 2. The lowest BCUT2D eigenvalue weighted by molar-refractivity contribution is -0.160. The number of hydrogen-bond acceptors (Lipinski definition) is 12. The van der Waals surface area contributed by atoms with Gasteiger partial charge in [0.15, 0.2) is 10.8 Å². The number of amides is 3. The van der Waals surface area contributed by atoms with Crippen molar-refractivity contribution in [2.24, 2.45) is 5.16 Å². The van der Waals surface area contributed by atoms with Gasteiger partial charge in [-0.2, -0.15) is 0 Å². The van der Waals surface area contributed by atoms with Crippen molar-refractivity contribution in [3.05, 3.63) is 35.0 Å². The van der Waals surface area contributed by atoms with E-state index in [2.05, 4.69) is 27.4 Å². The highest BCUT2D eigenvalue weighted by Gasteiger charge is 2.54. The van der Waals surface area contributed by atoms with Crippen molar-refractivity contribution in [1.29, 1.82) is 0 Å². The molecule has 0 saturated carbocycles. The molecule has 1 fully saturated rings. The molecule has 0 aromatic carbocycles. The predicted octanol–water partition coefficient (Wildman–Crippen LogP) is 1.96. The zero-order valence-electron chi connectivity index (χ0n) is 22.9. The summed E-state index contributed by atoms with van der Waals surface area (Å²) in [5, 5.41) is 9.83. The Labute approximate surface area is 239 Å². The highest BCUT2D eigenvalue weighted by molar-refractivity contribution is 8.00. The number of nitrogens with one attached hydrogen (secondary N) is 2. The standard InChI is InChI=1S/C25H31N5O8S2/c1-8-13-10-39-21-17(20(34)30(21)18(13)22(35)38-25(5,6)7)28-19(33)16(14-11-40-23(27-14)26-12-31)29-36-9-15(32)37-24(2,3)4/h8,11-12,17,21H,1,9-10H2,2-7H3,(H,28,33)(H,26,27,31)/b29-16-/t17-,21+/m1/s1. The fraction of sp³-hybridized carbons (Fsp3) is 0.480. The van der Waals surface area contributed by atoms with Crippen molar-refractivity contribution in [3.8, 4) is 0 Å². The van der Waals surface area contributed by atoms with E-state index in [1.165, 1.54) is 28.1 Å². The summed E-state index contributed by atoms with van der Waals surface area (Å²) in [6.07, 6.45) is 1.93. The molecule has 1 aromatic heterocycles. The van der Waals surface area contributed by atoms with Gasteiger partial charge in [0.05, 0.1) is 0 Å². The number of rotatable bonds is 10. The molecule has 1 saturated heterocycles. The van der Waals surface area contributed by atoms with Gasteiger partial charge in [0.1, 0.15) is 34.0 Å². The van der Waals surface area contributed by atoms with E-state index in [0.717, 1.165) is 11.3 Å². The third kappa shape index (κ3) is 7.47. The van der Waals surface area contributed by atoms with Crippen molar-refractivity contribution in [2.75, 3.05) is 17.7 Å². The summed E-state index contributed by atoms with van der Waals surface area (Å²) in [5.41, 5.74) is -1.19. The largest absolute Gasteiger partial charge is 0.457 e. The Morgan fingerprint density at radius 1 is 1.20 bits per heavy atom. The number of carbonyl (C=O) groups is 5. The molecule has 1 aromatic rings. The van der Waals surface area contributed by atoms with Crippen LogP contribution in [-0.4, -0.2) is 80.7 Å². The Balaban J connectivity index is 1.80. The molecule has 13 nitrogen and oxygen atoms in total. The van der Waals surface area contributed by atoms with E-state index in [0.29, 0.717) is 17.7 Å². The number of fused-ring (bicyclic) bond motifs is 1. The van der Waals surface area contributed by atoms with Gasteiger partial charge in [-0.15, -0.1) is 23.1 Å². The molecule has 3 rings (SSSR count). The number of thiazole rings is 1. The van der Waals surface area contributed by atoms with E-state index in [1.807, 2.05) is 0 Å².